The number of carbonyl (C=O) groups is 6. The zero-order valence-electron chi connectivity index (χ0n) is 32.2. The van der Waals surface area contributed by atoms with Crippen LogP contribution in [0.5, 0.6) is 0 Å². The van der Waals surface area contributed by atoms with E-state index in [1.165, 1.54) is 6.92 Å². The van der Waals surface area contributed by atoms with Gasteiger partial charge in [0.1, 0.15) is 25.4 Å². The van der Waals surface area contributed by atoms with Crippen LogP contribution in [0.25, 0.3) is 0 Å². The zero-order valence-corrected chi connectivity index (χ0v) is 33.0. The standard InChI is InChI=1S/C40H46NO15P/c1-26(42)41-36-34(52-28(3)44)21-40(39(47)49-22-31-15-9-6-10-16-31,55-38(36)37(54-30(5)46)35(53-29(4)45)25-48-27(2)43)56-57(50-23-32-17-11-7-12-18-32)51-24-33-19-13-8-14-20-33/h6-20,34-38H,21-25H2,1-5H3,(H,41,42)/t34-,35+,36+,37+,38+,40+/m0/s1. The van der Waals surface area contributed by atoms with Crippen molar-refractivity contribution in [2.75, 3.05) is 6.61 Å². The molecule has 3 aromatic carbocycles. The summed E-state index contributed by atoms with van der Waals surface area (Å²) in [6, 6.07) is 25.4. The summed E-state index contributed by atoms with van der Waals surface area (Å²) in [6.45, 7) is 4.48. The van der Waals surface area contributed by atoms with Gasteiger partial charge in [-0.25, -0.2) is 4.79 Å². The van der Waals surface area contributed by atoms with Crippen molar-refractivity contribution < 1.29 is 70.8 Å². The SMILES string of the molecule is CC(=O)N[C@H]1[C@H]([C@H](OC(C)=O)[C@@H](COC(C)=O)OC(C)=O)O[C@](OP(OCc2ccccc2)OCc2ccccc2)(C(=O)OCc2ccccc2)C[C@@H]1OC(C)=O. The Labute approximate surface area is 331 Å². The van der Waals surface area contributed by atoms with Gasteiger partial charge in [0.2, 0.25) is 5.91 Å². The minimum atomic E-state index is -2.59. The summed E-state index contributed by atoms with van der Waals surface area (Å²) in [5.74, 6) is -7.76. The zero-order chi connectivity index (χ0) is 41.4. The highest BCUT2D eigenvalue weighted by molar-refractivity contribution is 7.41. The number of hydrogen-bond donors (Lipinski definition) is 1. The molecule has 1 amide bonds. The highest BCUT2D eigenvalue weighted by Gasteiger charge is 2.60. The molecule has 0 saturated carbocycles. The van der Waals surface area contributed by atoms with Crippen molar-refractivity contribution in [1.29, 1.82) is 0 Å². The average Bonchev–Trinajstić information content (AvgIpc) is 3.17. The van der Waals surface area contributed by atoms with Gasteiger partial charge in [-0.3, -0.25) is 28.5 Å². The third kappa shape index (κ3) is 14.3. The van der Waals surface area contributed by atoms with E-state index in [0.717, 1.165) is 38.8 Å². The first-order chi connectivity index (χ1) is 27.2. The molecular weight excluding hydrogens is 765 g/mol. The highest BCUT2D eigenvalue weighted by Crippen LogP contribution is 2.50. The molecule has 4 rings (SSSR count). The first-order valence-corrected chi connectivity index (χ1v) is 19.0. The van der Waals surface area contributed by atoms with Crippen molar-refractivity contribution in [1.82, 2.24) is 5.32 Å². The molecule has 0 aliphatic carbocycles. The van der Waals surface area contributed by atoms with E-state index in [1.54, 1.807) is 78.9 Å². The van der Waals surface area contributed by atoms with Crippen LogP contribution < -0.4 is 5.32 Å². The summed E-state index contributed by atoms with van der Waals surface area (Å²) in [6.07, 6.45) is -7.14. The van der Waals surface area contributed by atoms with Crippen LogP contribution in [0.4, 0.5) is 0 Å². The molecule has 1 fully saturated rings. The quantitative estimate of drug-likeness (QED) is 0.0988. The van der Waals surface area contributed by atoms with Gasteiger partial charge in [-0.15, -0.1) is 0 Å². The number of benzene rings is 3. The molecule has 17 heteroatoms. The second-order valence-corrected chi connectivity index (χ2v) is 14.0. The van der Waals surface area contributed by atoms with Crippen LogP contribution in [-0.4, -0.2) is 78.6 Å². The lowest BCUT2D eigenvalue weighted by atomic mass is 9.88. The summed E-state index contributed by atoms with van der Waals surface area (Å²) in [5, 5.41) is 2.65. The van der Waals surface area contributed by atoms with E-state index in [4.69, 9.17) is 42.0 Å². The van der Waals surface area contributed by atoms with Gasteiger partial charge in [-0.1, -0.05) is 91.0 Å². The molecule has 1 heterocycles. The van der Waals surface area contributed by atoms with Crippen LogP contribution in [-0.2, 0) is 90.6 Å². The van der Waals surface area contributed by atoms with Gasteiger partial charge in [0.15, 0.2) is 12.2 Å². The van der Waals surface area contributed by atoms with Crippen molar-refractivity contribution in [3.63, 3.8) is 0 Å². The van der Waals surface area contributed by atoms with Crippen molar-refractivity contribution in [2.24, 2.45) is 0 Å². The molecule has 1 saturated heterocycles. The average molecular weight is 812 g/mol. The third-order valence-corrected chi connectivity index (χ3v) is 9.23. The second-order valence-electron chi connectivity index (χ2n) is 12.8. The van der Waals surface area contributed by atoms with E-state index in [-0.39, 0.29) is 19.8 Å². The number of hydrogen-bond acceptors (Lipinski definition) is 15. The number of amides is 1. The Hall–Kier alpha value is -5.25. The number of esters is 5. The summed E-state index contributed by atoms with van der Waals surface area (Å²) < 4.78 is 53.2. The molecule has 1 aliphatic heterocycles. The fourth-order valence-corrected chi connectivity index (χ4v) is 6.90. The molecule has 306 valence electrons. The number of rotatable bonds is 19. The Kier molecular flexibility index (Phi) is 17.1. The largest absolute Gasteiger partial charge is 0.462 e. The predicted octanol–water partition coefficient (Wildman–Crippen LogP) is 4.76. The normalized spacial score (nSPS) is 20.0. The van der Waals surface area contributed by atoms with Gasteiger partial charge in [0.05, 0.1) is 25.7 Å². The summed E-state index contributed by atoms with van der Waals surface area (Å²) in [5.41, 5.74) is 2.05. The fourth-order valence-electron chi connectivity index (χ4n) is 5.78. The Balaban J connectivity index is 1.88. The molecule has 0 bridgehead atoms. The topological polar surface area (TPSA) is 198 Å². The van der Waals surface area contributed by atoms with Crippen molar-refractivity contribution in [3.8, 4) is 0 Å². The predicted molar refractivity (Wildman–Crippen MR) is 200 cm³/mol. The van der Waals surface area contributed by atoms with E-state index < -0.39 is 93.6 Å². The van der Waals surface area contributed by atoms with E-state index >= 15 is 0 Å². The summed E-state index contributed by atoms with van der Waals surface area (Å²) in [7, 11) is -2.56. The minimum absolute atomic E-state index is 0.0468. The maximum Gasteiger partial charge on any atom is 0.367 e. The van der Waals surface area contributed by atoms with Crippen molar-refractivity contribution in [3.05, 3.63) is 108 Å². The van der Waals surface area contributed by atoms with Crippen molar-refractivity contribution in [2.45, 2.75) is 97.1 Å². The van der Waals surface area contributed by atoms with Gasteiger partial charge in [0, 0.05) is 34.6 Å². The van der Waals surface area contributed by atoms with E-state index in [2.05, 4.69) is 5.32 Å². The molecule has 16 nitrogen and oxygen atoms in total. The molecule has 1 N–H and O–H groups in total. The first-order valence-electron chi connectivity index (χ1n) is 17.9. The van der Waals surface area contributed by atoms with Crippen LogP contribution in [0, 0.1) is 0 Å². The monoisotopic (exact) mass is 811 g/mol. The Morgan fingerprint density at radius 1 is 0.684 bits per heavy atom. The molecule has 3 aromatic rings. The lowest BCUT2D eigenvalue weighted by molar-refractivity contribution is -0.293. The second kappa shape index (κ2) is 21.9. The van der Waals surface area contributed by atoms with E-state index in [9.17, 15) is 28.8 Å². The van der Waals surface area contributed by atoms with Crippen LogP contribution in [0.2, 0.25) is 0 Å². The molecule has 1 aliphatic rings. The van der Waals surface area contributed by atoms with Crippen LogP contribution in [0.1, 0.15) is 57.7 Å². The lowest BCUT2D eigenvalue weighted by Crippen LogP contribution is -2.69. The third-order valence-electron chi connectivity index (χ3n) is 8.10. The number of nitrogens with one attached hydrogen (secondary N) is 1. The maximum atomic E-state index is 14.6. The fraction of sp³-hybridized carbons (Fsp3) is 0.400. The van der Waals surface area contributed by atoms with Gasteiger partial charge >= 0.3 is 38.4 Å². The molecule has 0 aromatic heterocycles. The number of carbonyl (C=O) groups excluding carboxylic acids is 6. The Morgan fingerprint density at radius 3 is 1.65 bits per heavy atom. The molecule has 0 unspecified atom stereocenters. The van der Waals surface area contributed by atoms with E-state index in [0.29, 0.717) is 5.56 Å². The van der Waals surface area contributed by atoms with Crippen LogP contribution in [0.15, 0.2) is 91.0 Å². The lowest BCUT2D eigenvalue weighted by Gasteiger charge is -2.48. The molecule has 6 atom stereocenters. The Morgan fingerprint density at radius 2 is 1.19 bits per heavy atom. The van der Waals surface area contributed by atoms with Gasteiger partial charge in [-0.2, -0.15) is 0 Å². The van der Waals surface area contributed by atoms with Crippen LogP contribution >= 0.6 is 8.60 Å². The smallest absolute Gasteiger partial charge is 0.367 e. The van der Waals surface area contributed by atoms with Gasteiger partial charge in [-0.05, 0) is 16.7 Å². The maximum absolute atomic E-state index is 14.6. The first kappa shape index (κ1) is 44.5. The molecule has 0 radical (unpaired) electrons. The number of ether oxygens (including phenoxy) is 6. The van der Waals surface area contributed by atoms with Crippen molar-refractivity contribution >= 4 is 44.4 Å². The minimum Gasteiger partial charge on any atom is -0.462 e. The highest BCUT2D eigenvalue weighted by atomic mass is 31.2. The summed E-state index contributed by atoms with van der Waals surface area (Å²) >= 11 is 0. The summed E-state index contributed by atoms with van der Waals surface area (Å²) in [4.78, 5) is 77.1. The van der Waals surface area contributed by atoms with Crippen LogP contribution in [0.3, 0.4) is 0 Å². The molecule has 0 spiro atoms. The van der Waals surface area contributed by atoms with Gasteiger partial charge < -0.3 is 42.8 Å². The molecule has 57 heavy (non-hydrogen) atoms. The van der Waals surface area contributed by atoms with Gasteiger partial charge in [0.25, 0.3) is 5.79 Å². The van der Waals surface area contributed by atoms with E-state index in [1.807, 2.05) is 12.1 Å². The molecular formula is C40H46NO15P. The Bertz CT molecular complexity index is 1750.